The second kappa shape index (κ2) is 5.14. The van der Waals surface area contributed by atoms with E-state index in [9.17, 15) is 0 Å². The van der Waals surface area contributed by atoms with E-state index in [1.54, 1.807) is 41.6 Å². The van der Waals surface area contributed by atoms with E-state index in [0.717, 1.165) is 0 Å². The first-order valence-corrected chi connectivity index (χ1v) is 6.10. The van der Waals surface area contributed by atoms with Crippen molar-refractivity contribution in [2.75, 3.05) is 11.1 Å². The fourth-order valence-corrected chi connectivity index (χ4v) is 1.85. The van der Waals surface area contributed by atoms with E-state index < -0.39 is 0 Å². The molecule has 0 atom stereocenters. The lowest BCUT2D eigenvalue weighted by Crippen LogP contribution is -2.06. The van der Waals surface area contributed by atoms with Crippen LogP contribution in [0.4, 0.5) is 17.2 Å². The molecule has 8 heteroatoms. The van der Waals surface area contributed by atoms with Crippen LogP contribution in [0.25, 0.3) is 5.82 Å². The first-order valence-electron chi connectivity index (χ1n) is 5.72. The van der Waals surface area contributed by atoms with Crippen molar-refractivity contribution in [3.63, 3.8) is 0 Å². The number of hydrogen-bond acceptors (Lipinski definition) is 6. The molecule has 0 amide bonds. The van der Waals surface area contributed by atoms with Crippen LogP contribution in [0.5, 0.6) is 0 Å². The average molecular weight is 288 g/mol. The molecule has 0 unspecified atom stereocenters. The zero-order chi connectivity index (χ0) is 13.9. The third kappa shape index (κ3) is 2.26. The second-order valence-corrected chi connectivity index (χ2v) is 4.25. The summed E-state index contributed by atoms with van der Waals surface area (Å²) in [6, 6.07) is 3.55. The van der Waals surface area contributed by atoms with Crippen molar-refractivity contribution < 1.29 is 0 Å². The van der Waals surface area contributed by atoms with E-state index in [0.29, 0.717) is 28.2 Å². The Balaban J connectivity index is 1.99. The molecule has 0 spiro atoms. The smallest absolute Gasteiger partial charge is 0.166 e. The Labute approximate surface area is 119 Å². The van der Waals surface area contributed by atoms with Crippen molar-refractivity contribution in [1.29, 1.82) is 0 Å². The zero-order valence-electron chi connectivity index (χ0n) is 10.2. The molecule has 0 aliphatic carbocycles. The summed E-state index contributed by atoms with van der Waals surface area (Å²) >= 11 is 5.99. The molecule has 3 N–H and O–H groups in total. The Kier molecular flexibility index (Phi) is 3.18. The van der Waals surface area contributed by atoms with Crippen LogP contribution in [0.2, 0.25) is 5.15 Å². The normalized spacial score (nSPS) is 10.4. The minimum atomic E-state index is 0.342. The van der Waals surface area contributed by atoms with Crippen molar-refractivity contribution in [3.8, 4) is 5.82 Å². The molecule has 3 heterocycles. The highest BCUT2D eigenvalue weighted by Gasteiger charge is 2.11. The number of nitrogens with zero attached hydrogens (tertiary/aromatic N) is 5. The van der Waals surface area contributed by atoms with Crippen LogP contribution in [0.1, 0.15) is 0 Å². The molecule has 20 heavy (non-hydrogen) atoms. The molecular formula is C12H10ClN7. The Morgan fingerprint density at radius 3 is 2.85 bits per heavy atom. The fraction of sp³-hybridized carbons (Fsp3) is 0. The molecule has 7 nitrogen and oxygen atoms in total. The quantitative estimate of drug-likeness (QED) is 0.716. The van der Waals surface area contributed by atoms with Crippen LogP contribution in [0.15, 0.2) is 43.4 Å². The van der Waals surface area contributed by atoms with Crippen molar-refractivity contribution in [3.05, 3.63) is 48.5 Å². The van der Waals surface area contributed by atoms with Gasteiger partial charge in [-0.2, -0.15) is 0 Å². The van der Waals surface area contributed by atoms with E-state index in [4.69, 9.17) is 17.3 Å². The van der Waals surface area contributed by atoms with Crippen LogP contribution in [0, 0.1) is 0 Å². The Bertz CT molecular complexity index is 726. The molecule has 0 saturated heterocycles. The summed E-state index contributed by atoms with van der Waals surface area (Å²) in [6.07, 6.45) is 8.03. The highest BCUT2D eigenvalue weighted by molar-refractivity contribution is 6.32. The van der Waals surface area contributed by atoms with Gasteiger partial charge in [0.05, 0.1) is 5.69 Å². The van der Waals surface area contributed by atoms with E-state index in [-0.39, 0.29) is 0 Å². The molecule has 3 aromatic rings. The number of hydrogen-bond donors (Lipinski definition) is 2. The van der Waals surface area contributed by atoms with Gasteiger partial charge < -0.3 is 11.1 Å². The van der Waals surface area contributed by atoms with Crippen LogP contribution in [-0.4, -0.2) is 24.5 Å². The predicted octanol–water partition coefficient (Wildman–Crippen LogP) is 2.04. The molecule has 0 fully saturated rings. The van der Waals surface area contributed by atoms with Crippen LogP contribution >= 0.6 is 11.6 Å². The van der Waals surface area contributed by atoms with Crippen LogP contribution < -0.4 is 11.1 Å². The first-order chi connectivity index (χ1) is 9.75. The number of imidazole rings is 1. The highest BCUT2D eigenvalue weighted by atomic mass is 35.5. The van der Waals surface area contributed by atoms with E-state index in [1.807, 2.05) is 0 Å². The van der Waals surface area contributed by atoms with Gasteiger partial charge in [0.2, 0.25) is 0 Å². The van der Waals surface area contributed by atoms with E-state index in [2.05, 4.69) is 25.3 Å². The van der Waals surface area contributed by atoms with Crippen molar-refractivity contribution in [1.82, 2.24) is 24.5 Å². The highest BCUT2D eigenvalue weighted by Crippen LogP contribution is 2.27. The number of nitrogens with two attached hydrogens (primary N) is 1. The maximum Gasteiger partial charge on any atom is 0.166 e. The number of halogens is 1. The molecule has 0 aliphatic heterocycles. The van der Waals surface area contributed by atoms with Gasteiger partial charge in [0.15, 0.2) is 16.8 Å². The summed E-state index contributed by atoms with van der Waals surface area (Å²) in [5, 5.41) is 3.38. The Morgan fingerprint density at radius 1 is 1.20 bits per heavy atom. The molecule has 0 radical (unpaired) electrons. The van der Waals surface area contributed by atoms with Crippen molar-refractivity contribution >= 4 is 28.8 Å². The van der Waals surface area contributed by atoms with Crippen LogP contribution in [0.3, 0.4) is 0 Å². The molecule has 0 bridgehead atoms. The van der Waals surface area contributed by atoms with Crippen LogP contribution in [-0.2, 0) is 0 Å². The number of nitrogen functional groups attached to an aromatic ring is 1. The second-order valence-electron chi connectivity index (χ2n) is 3.90. The molecule has 3 rings (SSSR count). The predicted molar refractivity (Wildman–Crippen MR) is 76.1 cm³/mol. The summed E-state index contributed by atoms with van der Waals surface area (Å²) in [5.74, 6) is 0.999. The number of rotatable bonds is 3. The van der Waals surface area contributed by atoms with Gasteiger partial charge in [-0.15, -0.1) is 0 Å². The third-order valence-corrected chi connectivity index (χ3v) is 2.93. The molecule has 0 aliphatic rings. The molecule has 3 aromatic heterocycles. The van der Waals surface area contributed by atoms with Gasteiger partial charge in [-0.25, -0.2) is 19.9 Å². The van der Waals surface area contributed by atoms with Gasteiger partial charge >= 0.3 is 0 Å². The summed E-state index contributed by atoms with van der Waals surface area (Å²) in [4.78, 5) is 16.2. The first kappa shape index (κ1) is 12.4. The fourth-order valence-electron chi connectivity index (χ4n) is 1.68. The maximum absolute atomic E-state index is 6.07. The third-order valence-electron chi connectivity index (χ3n) is 2.62. The number of aromatic nitrogens is 5. The average Bonchev–Trinajstić information content (AvgIpc) is 2.97. The topological polar surface area (TPSA) is 94.5 Å². The van der Waals surface area contributed by atoms with Gasteiger partial charge in [0, 0.05) is 18.6 Å². The summed E-state index contributed by atoms with van der Waals surface area (Å²) in [5.41, 5.74) is 7.09. The molecule has 0 saturated carbocycles. The summed E-state index contributed by atoms with van der Waals surface area (Å²) in [7, 11) is 0. The largest absolute Gasteiger partial charge is 0.393 e. The van der Waals surface area contributed by atoms with Gasteiger partial charge in [0.25, 0.3) is 0 Å². The standard InChI is InChI=1S/C12H10ClN7/c13-10-8(2-1-3-16-10)19-11-9(14)12(18-6-17-11)20-5-4-15-7-20/h1-7H,14H2,(H,17,18,19). The van der Waals surface area contributed by atoms with Gasteiger partial charge in [-0.05, 0) is 12.1 Å². The Hall–Kier alpha value is -2.67. The minimum Gasteiger partial charge on any atom is -0.393 e. The summed E-state index contributed by atoms with van der Waals surface area (Å²) in [6.45, 7) is 0. The molecule has 0 aromatic carbocycles. The maximum atomic E-state index is 6.07. The zero-order valence-corrected chi connectivity index (χ0v) is 11.0. The molecular weight excluding hydrogens is 278 g/mol. The monoisotopic (exact) mass is 287 g/mol. The number of pyridine rings is 1. The van der Waals surface area contributed by atoms with Gasteiger partial charge in [0.1, 0.15) is 18.3 Å². The summed E-state index contributed by atoms with van der Waals surface area (Å²) < 4.78 is 1.70. The number of anilines is 3. The minimum absolute atomic E-state index is 0.342. The van der Waals surface area contributed by atoms with Gasteiger partial charge in [-0.3, -0.25) is 4.57 Å². The lowest BCUT2D eigenvalue weighted by Gasteiger charge is -2.11. The Morgan fingerprint density at radius 2 is 2.10 bits per heavy atom. The molecule has 100 valence electrons. The van der Waals surface area contributed by atoms with Gasteiger partial charge in [-0.1, -0.05) is 11.6 Å². The number of nitrogens with one attached hydrogen (secondary N) is 1. The van der Waals surface area contributed by atoms with Crippen molar-refractivity contribution in [2.45, 2.75) is 0 Å². The van der Waals surface area contributed by atoms with Crippen molar-refractivity contribution in [2.24, 2.45) is 0 Å². The lowest BCUT2D eigenvalue weighted by atomic mass is 10.3. The van der Waals surface area contributed by atoms with E-state index >= 15 is 0 Å². The SMILES string of the molecule is Nc1c(Nc2cccnc2Cl)ncnc1-n1ccnc1. The lowest BCUT2D eigenvalue weighted by molar-refractivity contribution is 0.977. The van der Waals surface area contributed by atoms with E-state index in [1.165, 1.54) is 6.33 Å².